The molecule has 2 aromatic rings. The van der Waals surface area contributed by atoms with Gasteiger partial charge in [-0.05, 0) is 30.7 Å². The maximum absolute atomic E-state index is 6.00. The Kier molecular flexibility index (Phi) is 15.5. The quantitative estimate of drug-likeness (QED) is 0.451. The zero-order chi connectivity index (χ0) is 28.9. The zero-order valence-corrected chi connectivity index (χ0v) is 24.4. The van der Waals surface area contributed by atoms with Crippen molar-refractivity contribution in [3.05, 3.63) is 60.4 Å². The Labute approximate surface area is 248 Å². The van der Waals surface area contributed by atoms with Gasteiger partial charge in [0.15, 0.2) is 0 Å². The number of ether oxygens (including phenoxy) is 10. The second-order valence-corrected chi connectivity index (χ2v) is 9.44. The van der Waals surface area contributed by atoms with E-state index in [0.717, 1.165) is 34.5 Å². The molecule has 10 nitrogen and oxygen atoms in total. The van der Waals surface area contributed by atoms with Gasteiger partial charge in [0, 0.05) is 10.8 Å². The summed E-state index contributed by atoms with van der Waals surface area (Å²) in [6, 6.07) is 11.9. The van der Waals surface area contributed by atoms with Crippen LogP contribution in [0.4, 0.5) is 0 Å². The van der Waals surface area contributed by atoms with Crippen LogP contribution in [-0.4, -0.2) is 112 Å². The lowest BCUT2D eigenvalue weighted by Gasteiger charge is -2.17. The minimum Gasteiger partial charge on any atom is -0.492 e. The van der Waals surface area contributed by atoms with E-state index in [1.165, 1.54) is 0 Å². The van der Waals surface area contributed by atoms with Crippen molar-refractivity contribution in [2.75, 3.05) is 106 Å². The molecule has 4 aliphatic heterocycles. The molecule has 232 valence electrons. The SMILES string of the molecule is C1=CC2CC=C1OCCOCCOCCOCCOc1ccc(c3ccccc13)OCCOCCOCCOCCO2. The van der Waals surface area contributed by atoms with Crippen molar-refractivity contribution >= 4 is 10.8 Å². The Morgan fingerprint density at radius 3 is 1.33 bits per heavy atom. The molecule has 1 atom stereocenters. The van der Waals surface area contributed by atoms with Crippen LogP contribution < -0.4 is 9.47 Å². The lowest BCUT2D eigenvalue weighted by atomic mass is 10.1. The first-order valence-corrected chi connectivity index (χ1v) is 14.8. The molecule has 42 heavy (non-hydrogen) atoms. The summed E-state index contributed by atoms with van der Waals surface area (Å²) in [5.41, 5.74) is 0. The van der Waals surface area contributed by atoms with Crippen LogP contribution in [0.3, 0.4) is 0 Å². The highest BCUT2D eigenvalue weighted by molar-refractivity contribution is 5.93. The molecule has 0 fully saturated rings. The lowest BCUT2D eigenvalue weighted by Crippen LogP contribution is -2.17. The second kappa shape index (κ2) is 20.2. The Morgan fingerprint density at radius 1 is 0.452 bits per heavy atom. The Hall–Kier alpha value is -2.70. The highest BCUT2D eigenvalue weighted by Crippen LogP contribution is 2.33. The topological polar surface area (TPSA) is 92.3 Å². The molecule has 7 rings (SSSR count). The summed E-state index contributed by atoms with van der Waals surface area (Å²) >= 11 is 0. The normalized spacial score (nSPS) is 22.3. The van der Waals surface area contributed by atoms with Gasteiger partial charge in [0.25, 0.3) is 0 Å². The average Bonchev–Trinajstić information content (AvgIpc) is 3.02. The van der Waals surface area contributed by atoms with E-state index in [0.29, 0.717) is 106 Å². The van der Waals surface area contributed by atoms with Gasteiger partial charge < -0.3 is 47.4 Å². The molecular formula is C32H44O10. The first kappa shape index (κ1) is 32.2. The van der Waals surface area contributed by atoms with Gasteiger partial charge in [-0.15, -0.1) is 0 Å². The van der Waals surface area contributed by atoms with Crippen LogP contribution in [0.1, 0.15) is 6.42 Å². The van der Waals surface area contributed by atoms with Crippen LogP contribution in [0, 0.1) is 0 Å². The van der Waals surface area contributed by atoms with Gasteiger partial charge in [0.05, 0.1) is 92.0 Å². The molecule has 1 unspecified atom stereocenters. The van der Waals surface area contributed by atoms with Crippen molar-refractivity contribution in [3.8, 4) is 11.5 Å². The Balaban J connectivity index is 1.18. The van der Waals surface area contributed by atoms with Gasteiger partial charge in [-0.3, -0.25) is 0 Å². The first-order valence-electron chi connectivity index (χ1n) is 14.8. The van der Waals surface area contributed by atoms with E-state index >= 15 is 0 Å². The Morgan fingerprint density at radius 2 is 0.881 bits per heavy atom. The van der Waals surface area contributed by atoms with E-state index in [2.05, 4.69) is 0 Å². The molecule has 1 aliphatic carbocycles. The minimum atomic E-state index is 0.0316. The van der Waals surface area contributed by atoms with Crippen LogP contribution in [-0.2, 0) is 37.9 Å². The molecule has 4 bridgehead atoms. The number of allylic oxidation sites excluding steroid dienone is 1. The van der Waals surface area contributed by atoms with Crippen molar-refractivity contribution in [2.45, 2.75) is 12.5 Å². The highest BCUT2D eigenvalue weighted by atomic mass is 16.6. The molecule has 0 N–H and O–H groups in total. The monoisotopic (exact) mass is 588 g/mol. The molecule has 0 saturated carbocycles. The molecule has 0 radical (unpaired) electrons. The fraction of sp³-hybridized carbons (Fsp3) is 0.562. The Bertz CT molecular complexity index is 1070. The molecule has 5 aliphatic rings. The standard InChI is InChI=1S/C32H44O10/c1-2-4-30-29(3-1)31-9-10-32(30)42-26-22-38-18-14-34-12-16-36-20-24-40-28-7-5-27(6-8-28)39-23-19-35-15-11-33-13-17-37-21-25-41-31/h1-7,9-10,28H,8,11-26H2. The van der Waals surface area contributed by atoms with Gasteiger partial charge in [-0.1, -0.05) is 30.3 Å². The van der Waals surface area contributed by atoms with Gasteiger partial charge >= 0.3 is 0 Å². The van der Waals surface area contributed by atoms with E-state index in [9.17, 15) is 0 Å². The fourth-order valence-corrected chi connectivity index (χ4v) is 4.29. The molecule has 0 aromatic heterocycles. The summed E-state index contributed by atoms with van der Waals surface area (Å²) in [6.07, 6.45) is 6.78. The van der Waals surface area contributed by atoms with Crippen molar-refractivity contribution < 1.29 is 47.4 Å². The third-order valence-electron chi connectivity index (χ3n) is 6.39. The first-order chi connectivity index (χ1) is 20.9. The van der Waals surface area contributed by atoms with Gasteiger partial charge in [0.1, 0.15) is 37.1 Å². The summed E-state index contributed by atoms with van der Waals surface area (Å²) in [7, 11) is 0. The third kappa shape index (κ3) is 12.3. The summed E-state index contributed by atoms with van der Waals surface area (Å²) in [5.74, 6) is 2.42. The summed E-state index contributed by atoms with van der Waals surface area (Å²) in [6.45, 7) is 7.86. The van der Waals surface area contributed by atoms with E-state index in [1.54, 1.807) is 0 Å². The summed E-state index contributed by atoms with van der Waals surface area (Å²) < 4.78 is 57.2. The minimum absolute atomic E-state index is 0.0316. The van der Waals surface area contributed by atoms with Crippen LogP contribution in [0.15, 0.2) is 60.4 Å². The predicted molar refractivity (Wildman–Crippen MR) is 157 cm³/mol. The molecule has 0 amide bonds. The van der Waals surface area contributed by atoms with E-state index < -0.39 is 0 Å². The summed E-state index contributed by atoms with van der Waals surface area (Å²) in [4.78, 5) is 0. The number of benzene rings is 2. The number of hydrogen-bond acceptors (Lipinski definition) is 10. The maximum Gasteiger partial charge on any atom is 0.127 e. The highest BCUT2D eigenvalue weighted by Gasteiger charge is 2.10. The van der Waals surface area contributed by atoms with E-state index in [-0.39, 0.29) is 6.10 Å². The number of rotatable bonds is 0. The molecular weight excluding hydrogens is 544 g/mol. The average molecular weight is 589 g/mol. The van der Waals surface area contributed by atoms with Gasteiger partial charge in [-0.25, -0.2) is 0 Å². The van der Waals surface area contributed by atoms with Crippen molar-refractivity contribution in [3.63, 3.8) is 0 Å². The molecule has 10 heteroatoms. The lowest BCUT2D eigenvalue weighted by molar-refractivity contribution is -0.0122. The van der Waals surface area contributed by atoms with Crippen LogP contribution >= 0.6 is 0 Å². The smallest absolute Gasteiger partial charge is 0.127 e. The second-order valence-electron chi connectivity index (χ2n) is 9.44. The molecule has 0 saturated heterocycles. The van der Waals surface area contributed by atoms with E-state index in [1.807, 2.05) is 54.6 Å². The molecule has 0 spiro atoms. The van der Waals surface area contributed by atoms with E-state index in [4.69, 9.17) is 47.4 Å². The number of hydrogen-bond donors (Lipinski definition) is 0. The fourth-order valence-electron chi connectivity index (χ4n) is 4.29. The summed E-state index contributed by atoms with van der Waals surface area (Å²) in [5, 5.41) is 1.98. The van der Waals surface area contributed by atoms with Gasteiger partial charge in [0.2, 0.25) is 0 Å². The maximum atomic E-state index is 6.00. The van der Waals surface area contributed by atoms with Crippen LogP contribution in [0.5, 0.6) is 11.5 Å². The van der Waals surface area contributed by atoms with Gasteiger partial charge in [-0.2, -0.15) is 0 Å². The largest absolute Gasteiger partial charge is 0.492 e. The van der Waals surface area contributed by atoms with Crippen molar-refractivity contribution in [1.29, 1.82) is 0 Å². The van der Waals surface area contributed by atoms with Crippen LogP contribution in [0.25, 0.3) is 10.8 Å². The van der Waals surface area contributed by atoms with Crippen molar-refractivity contribution in [1.82, 2.24) is 0 Å². The molecule has 4 heterocycles. The van der Waals surface area contributed by atoms with Crippen LogP contribution in [0.2, 0.25) is 0 Å². The predicted octanol–water partition coefficient (Wildman–Crippen LogP) is 3.96. The third-order valence-corrected chi connectivity index (χ3v) is 6.39. The zero-order valence-electron chi connectivity index (χ0n) is 24.4. The van der Waals surface area contributed by atoms with Crippen molar-refractivity contribution in [2.24, 2.45) is 0 Å². The molecule has 2 aromatic carbocycles.